The third kappa shape index (κ3) is 3.92. The second kappa shape index (κ2) is 7.41. The number of anilines is 1. The maximum Gasteiger partial charge on any atom is 0.273 e. The van der Waals surface area contributed by atoms with E-state index in [1.165, 1.54) is 5.56 Å². The number of carbonyl (C=O) groups excluding carboxylic acids is 1. The summed E-state index contributed by atoms with van der Waals surface area (Å²) in [6, 6.07) is 16.6. The number of rotatable bonds is 2. The molecule has 0 atom stereocenters. The lowest BCUT2D eigenvalue weighted by atomic mass is 10.1. The minimum absolute atomic E-state index is 0.0870. The molecule has 1 amide bonds. The largest absolute Gasteiger partial charge is 0.507 e. The van der Waals surface area contributed by atoms with Crippen LogP contribution in [0.3, 0.4) is 0 Å². The lowest BCUT2D eigenvalue weighted by Gasteiger charge is -2.13. The van der Waals surface area contributed by atoms with Crippen molar-refractivity contribution in [3.05, 3.63) is 71.3 Å². The Morgan fingerprint density at radius 3 is 2.31 bits per heavy atom. The highest BCUT2D eigenvalue weighted by molar-refractivity contribution is 7.80. The number of thiocarbonyl (C=S) groups is 1. The number of hydrazine groups is 1. The molecule has 0 fully saturated rings. The second-order valence-corrected chi connectivity index (χ2v) is 6.46. The summed E-state index contributed by atoms with van der Waals surface area (Å²) in [7, 11) is 0. The minimum atomic E-state index is -0.475. The number of hydrogen-bond acceptors (Lipinski definition) is 3. The van der Waals surface area contributed by atoms with E-state index in [1.807, 2.05) is 56.3 Å². The molecule has 4 N–H and O–H groups in total. The number of benzene rings is 3. The van der Waals surface area contributed by atoms with Gasteiger partial charge in [0.05, 0.1) is 5.56 Å². The summed E-state index contributed by atoms with van der Waals surface area (Å²) in [6.07, 6.45) is 0. The predicted octanol–water partition coefficient (Wildman–Crippen LogP) is 3.79. The molecule has 0 aliphatic heterocycles. The molecule has 26 heavy (non-hydrogen) atoms. The maximum absolute atomic E-state index is 12.3. The standard InChI is InChI=1S/C20H19N3O2S/c1-12-7-8-16(9-13(12)2)21-20(26)23-22-19(25)17-10-14-5-3-4-6-15(14)11-18(17)24/h3-11,24H,1-2H3,(H,22,25)(H2,21,23,26). The molecule has 0 radical (unpaired) electrons. The van der Waals surface area contributed by atoms with Crippen LogP contribution < -0.4 is 16.2 Å². The van der Waals surface area contributed by atoms with Gasteiger partial charge >= 0.3 is 0 Å². The van der Waals surface area contributed by atoms with Gasteiger partial charge in [-0.25, -0.2) is 0 Å². The molecule has 0 aromatic heterocycles. The van der Waals surface area contributed by atoms with Gasteiger partial charge in [0.1, 0.15) is 5.75 Å². The molecule has 6 heteroatoms. The van der Waals surface area contributed by atoms with Crippen LogP contribution in [0.15, 0.2) is 54.6 Å². The fourth-order valence-electron chi connectivity index (χ4n) is 2.57. The molecule has 0 aliphatic carbocycles. The van der Waals surface area contributed by atoms with Crippen molar-refractivity contribution in [1.29, 1.82) is 0 Å². The van der Waals surface area contributed by atoms with Crippen molar-refractivity contribution in [3.63, 3.8) is 0 Å². The maximum atomic E-state index is 12.3. The van der Waals surface area contributed by atoms with Crippen LogP contribution in [-0.4, -0.2) is 16.1 Å². The van der Waals surface area contributed by atoms with Gasteiger partial charge in [-0.15, -0.1) is 0 Å². The molecule has 0 saturated heterocycles. The van der Waals surface area contributed by atoms with Gasteiger partial charge in [0, 0.05) is 5.69 Å². The molecule has 132 valence electrons. The van der Waals surface area contributed by atoms with E-state index in [9.17, 15) is 9.90 Å². The first-order chi connectivity index (χ1) is 12.4. The van der Waals surface area contributed by atoms with Gasteiger partial charge in [-0.3, -0.25) is 15.6 Å². The number of phenols is 1. The smallest absolute Gasteiger partial charge is 0.273 e. The van der Waals surface area contributed by atoms with E-state index in [4.69, 9.17) is 12.2 Å². The van der Waals surface area contributed by atoms with Gasteiger partial charge < -0.3 is 10.4 Å². The van der Waals surface area contributed by atoms with Gasteiger partial charge in [-0.05, 0) is 72.2 Å². The summed E-state index contributed by atoms with van der Waals surface area (Å²) >= 11 is 5.19. The number of amides is 1. The highest BCUT2D eigenvalue weighted by Crippen LogP contribution is 2.24. The molecule has 0 saturated carbocycles. The summed E-state index contributed by atoms with van der Waals surface area (Å²) < 4.78 is 0. The first kappa shape index (κ1) is 17.7. The van der Waals surface area contributed by atoms with Crippen LogP contribution in [0, 0.1) is 13.8 Å². The van der Waals surface area contributed by atoms with Crippen molar-refractivity contribution in [3.8, 4) is 5.75 Å². The van der Waals surface area contributed by atoms with Gasteiger partial charge in [0.25, 0.3) is 5.91 Å². The van der Waals surface area contributed by atoms with Crippen LogP contribution in [-0.2, 0) is 0 Å². The Labute approximate surface area is 157 Å². The predicted molar refractivity (Wildman–Crippen MR) is 108 cm³/mol. The zero-order valence-electron chi connectivity index (χ0n) is 14.5. The molecule has 3 aromatic rings. The van der Waals surface area contributed by atoms with Crippen LogP contribution in [0.5, 0.6) is 5.75 Å². The summed E-state index contributed by atoms with van der Waals surface area (Å²) in [6.45, 7) is 4.05. The molecule has 3 aromatic carbocycles. The van der Waals surface area contributed by atoms with Gasteiger partial charge in [-0.2, -0.15) is 0 Å². The van der Waals surface area contributed by atoms with Crippen molar-refractivity contribution in [2.24, 2.45) is 0 Å². The van der Waals surface area contributed by atoms with Crippen LogP contribution in [0.1, 0.15) is 21.5 Å². The fraction of sp³-hybridized carbons (Fsp3) is 0.100. The Hall–Kier alpha value is -3.12. The number of nitrogens with one attached hydrogen (secondary N) is 3. The van der Waals surface area contributed by atoms with E-state index in [0.717, 1.165) is 22.0 Å². The number of carbonyl (C=O) groups is 1. The fourth-order valence-corrected chi connectivity index (χ4v) is 2.74. The molecule has 0 aliphatic rings. The zero-order chi connectivity index (χ0) is 18.7. The first-order valence-electron chi connectivity index (χ1n) is 8.10. The third-order valence-corrected chi connectivity index (χ3v) is 4.37. The molecular weight excluding hydrogens is 346 g/mol. The molecule has 0 bridgehead atoms. The van der Waals surface area contributed by atoms with Crippen molar-refractivity contribution in [2.75, 3.05) is 5.32 Å². The Morgan fingerprint density at radius 2 is 1.62 bits per heavy atom. The van der Waals surface area contributed by atoms with Crippen molar-refractivity contribution < 1.29 is 9.90 Å². The number of fused-ring (bicyclic) bond motifs is 1. The quantitative estimate of drug-likeness (QED) is 0.411. The summed E-state index contributed by atoms with van der Waals surface area (Å²) in [5, 5.41) is 15.1. The second-order valence-electron chi connectivity index (χ2n) is 6.05. The topological polar surface area (TPSA) is 73.4 Å². The Kier molecular flexibility index (Phi) is 5.04. The highest BCUT2D eigenvalue weighted by Gasteiger charge is 2.12. The average molecular weight is 365 g/mol. The molecule has 5 nitrogen and oxygen atoms in total. The zero-order valence-corrected chi connectivity index (χ0v) is 15.3. The molecule has 0 unspecified atom stereocenters. The lowest BCUT2D eigenvalue weighted by Crippen LogP contribution is -2.43. The van der Waals surface area contributed by atoms with E-state index in [2.05, 4.69) is 16.2 Å². The van der Waals surface area contributed by atoms with E-state index >= 15 is 0 Å². The monoisotopic (exact) mass is 365 g/mol. The Bertz CT molecular complexity index is 1000. The summed E-state index contributed by atoms with van der Waals surface area (Å²) in [5.41, 5.74) is 8.48. The van der Waals surface area contributed by atoms with E-state index < -0.39 is 5.91 Å². The summed E-state index contributed by atoms with van der Waals surface area (Å²) in [4.78, 5) is 12.3. The highest BCUT2D eigenvalue weighted by atomic mass is 32.1. The van der Waals surface area contributed by atoms with Crippen molar-refractivity contribution >= 4 is 39.7 Å². The molecular formula is C20H19N3O2S. The van der Waals surface area contributed by atoms with Crippen molar-refractivity contribution in [2.45, 2.75) is 13.8 Å². The van der Waals surface area contributed by atoms with Crippen LogP contribution in [0.25, 0.3) is 10.8 Å². The summed E-state index contributed by atoms with van der Waals surface area (Å²) in [5.74, 6) is -0.562. The SMILES string of the molecule is Cc1ccc(NC(=S)NNC(=O)c2cc3ccccc3cc2O)cc1C. The third-order valence-electron chi connectivity index (χ3n) is 4.16. The molecule has 3 rings (SSSR count). The Balaban J connectivity index is 1.65. The first-order valence-corrected chi connectivity index (χ1v) is 8.51. The van der Waals surface area contributed by atoms with E-state index in [0.29, 0.717) is 0 Å². The number of hydrogen-bond donors (Lipinski definition) is 4. The van der Waals surface area contributed by atoms with Gasteiger partial charge in [0.2, 0.25) is 0 Å². The number of aryl methyl sites for hydroxylation is 2. The minimum Gasteiger partial charge on any atom is -0.507 e. The van der Waals surface area contributed by atoms with E-state index in [1.54, 1.807) is 12.1 Å². The molecule has 0 heterocycles. The van der Waals surface area contributed by atoms with Crippen LogP contribution in [0.2, 0.25) is 0 Å². The van der Waals surface area contributed by atoms with Crippen LogP contribution in [0.4, 0.5) is 5.69 Å². The normalized spacial score (nSPS) is 10.4. The van der Waals surface area contributed by atoms with Gasteiger partial charge in [-0.1, -0.05) is 30.3 Å². The average Bonchev–Trinajstić information content (AvgIpc) is 2.62. The number of phenolic OH excluding ortho intramolecular Hbond substituents is 1. The lowest BCUT2D eigenvalue weighted by molar-refractivity contribution is 0.0941. The van der Waals surface area contributed by atoms with Gasteiger partial charge in [0.15, 0.2) is 5.11 Å². The molecule has 0 spiro atoms. The van der Waals surface area contributed by atoms with Crippen molar-refractivity contribution in [1.82, 2.24) is 10.9 Å². The van der Waals surface area contributed by atoms with E-state index in [-0.39, 0.29) is 16.4 Å². The Morgan fingerprint density at radius 1 is 0.923 bits per heavy atom. The number of aromatic hydroxyl groups is 1. The van der Waals surface area contributed by atoms with Crippen LogP contribution >= 0.6 is 12.2 Å².